The molecule has 0 saturated carbocycles. The monoisotopic (exact) mass is 287 g/mol. The molecule has 1 aliphatic rings. The van der Waals surface area contributed by atoms with Crippen LogP contribution < -0.4 is 11.1 Å². The number of carbonyl (C=O) groups is 1. The molecule has 0 radical (unpaired) electrons. The van der Waals surface area contributed by atoms with Crippen LogP contribution in [0.5, 0.6) is 0 Å². The van der Waals surface area contributed by atoms with Gasteiger partial charge in [-0.3, -0.25) is 19.0 Å². The van der Waals surface area contributed by atoms with Crippen LogP contribution in [0.2, 0.25) is 0 Å². The summed E-state index contributed by atoms with van der Waals surface area (Å²) < 4.78 is 2.62. The Morgan fingerprint density at radius 1 is 1.05 bits per heavy atom. The lowest BCUT2D eigenvalue weighted by molar-refractivity contribution is -0.130. The van der Waals surface area contributed by atoms with Crippen molar-refractivity contribution in [3.05, 3.63) is 45.0 Å². The van der Waals surface area contributed by atoms with E-state index in [1.165, 1.54) is 9.13 Å². The second-order valence-electron chi connectivity index (χ2n) is 5.33. The number of aryl methyl sites for hydroxylation is 1. The Kier molecular flexibility index (Phi) is 3.37. The van der Waals surface area contributed by atoms with Gasteiger partial charge in [0.1, 0.15) is 6.54 Å². The number of nitrogens with zero attached hydrogens (tertiary/aromatic N) is 3. The van der Waals surface area contributed by atoms with Crippen LogP contribution in [-0.2, 0) is 18.4 Å². The van der Waals surface area contributed by atoms with Gasteiger partial charge in [-0.25, -0.2) is 0 Å². The van der Waals surface area contributed by atoms with E-state index in [4.69, 9.17) is 0 Å². The van der Waals surface area contributed by atoms with Crippen LogP contribution in [0.1, 0.15) is 12.8 Å². The van der Waals surface area contributed by atoms with Gasteiger partial charge >= 0.3 is 11.1 Å². The van der Waals surface area contributed by atoms with E-state index in [2.05, 4.69) is 0 Å². The van der Waals surface area contributed by atoms with Crippen molar-refractivity contribution in [2.75, 3.05) is 13.1 Å². The third-order valence-corrected chi connectivity index (χ3v) is 4.02. The molecule has 0 N–H and O–H groups in total. The van der Waals surface area contributed by atoms with Gasteiger partial charge in [0.25, 0.3) is 0 Å². The molecule has 2 aromatic rings. The van der Waals surface area contributed by atoms with E-state index in [1.54, 1.807) is 36.2 Å². The SMILES string of the molecule is Cn1c(=O)c(=O)n(CC(=O)N2CCCC2)c2ccccc21. The lowest BCUT2D eigenvalue weighted by Gasteiger charge is -2.17. The normalized spacial score (nSPS) is 14.8. The molecule has 3 rings (SSSR count). The molecule has 1 amide bonds. The Hall–Kier alpha value is -2.37. The number of benzene rings is 1. The number of para-hydroxylation sites is 2. The Morgan fingerprint density at radius 2 is 1.67 bits per heavy atom. The maximum atomic E-state index is 12.3. The first-order chi connectivity index (χ1) is 10.1. The van der Waals surface area contributed by atoms with Crippen LogP contribution in [0.15, 0.2) is 33.9 Å². The average molecular weight is 287 g/mol. The number of aromatic nitrogens is 2. The van der Waals surface area contributed by atoms with Gasteiger partial charge in [-0.2, -0.15) is 0 Å². The first-order valence-electron chi connectivity index (χ1n) is 7.06. The second-order valence-corrected chi connectivity index (χ2v) is 5.33. The van der Waals surface area contributed by atoms with E-state index in [0.29, 0.717) is 11.0 Å². The smallest absolute Gasteiger partial charge is 0.317 e. The molecule has 0 unspecified atom stereocenters. The summed E-state index contributed by atoms with van der Waals surface area (Å²) in [5.41, 5.74) is 0.000128. The molecule has 110 valence electrons. The predicted molar refractivity (Wildman–Crippen MR) is 79.3 cm³/mol. The number of hydrogen-bond acceptors (Lipinski definition) is 3. The Morgan fingerprint density at radius 3 is 2.33 bits per heavy atom. The van der Waals surface area contributed by atoms with Crippen molar-refractivity contribution >= 4 is 16.9 Å². The standard InChI is InChI=1S/C15H17N3O3/c1-16-11-6-2-3-7-12(11)18(15(21)14(16)20)10-13(19)17-8-4-5-9-17/h2-3,6-7H,4-5,8-10H2,1H3. The average Bonchev–Trinajstić information content (AvgIpc) is 3.03. The molecular formula is C15H17N3O3. The van der Waals surface area contributed by atoms with E-state index in [-0.39, 0.29) is 12.5 Å². The fraction of sp³-hybridized carbons (Fsp3) is 0.400. The van der Waals surface area contributed by atoms with E-state index < -0.39 is 11.1 Å². The van der Waals surface area contributed by atoms with Crippen molar-refractivity contribution < 1.29 is 4.79 Å². The van der Waals surface area contributed by atoms with Crippen molar-refractivity contribution in [3.63, 3.8) is 0 Å². The number of amides is 1. The highest BCUT2D eigenvalue weighted by Crippen LogP contribution is 2.11. The van der Waals surface area contributed by atoms with E-state index in [1.807, 2.05) is 0 Å². The van der Waals surface area contributed by atoms with Crippen molar-refractivity contribution in [2.24, 2.45) is 7.05 Å². The minimum absolute atomic E-state index is 0.0740. The minimum atomic E-state index is -0.649. The summed E-state index contributed by atoms with van der Waals surface area (Å²) in [6, 6.07) is 7.13. The number of rotatable bonds is 2. The molecule has 0 aliphatic carbocycles. The molecule has 0 bridgehead atoms. The largest absolute Gasteiger partial charge is 0.341 e. The number of likely N-dealkylation sites (tertiary alicyclic amines) is 1. The molecule has 2 heterocycles. The van der Waals surface area contributed by atoms with Gasteiger partial charge in [0.2, 0.25) is 5.91 Å². The highest BCUT2D eigenvalue weighted by atomic mass is 16.2. The van der Waals surface area contributed by atoms with Crippen LogP contribution in [0, 0.1) is 0 Å². The minimum Gasteiger partial charge on any atom is -0.341 e. The van der Waals surface area contributed by atoms with Crippen molar-refractivity contribution in [2.45, 2.75) is 19.4 Å². The Balaban J connectivity index is 2.11. The molecule has 1 aromatic heterocycles. The number of fused-ring (bicyclic) bond motifs is 1. The molecule has 21 heavy (non-hydrogen) atoms. The molecule has 1 fully saturated rings. The van der Waals surface area contributed by atoms with Crippen molar-refractivity contribution in [1.29, 1.82) is 0 Å². The first-order valence-corrected chi connectivity index (χ1v) is 7.06. The molecular weight excluding hydrogens is 270 g/mol. The molecule has 6 heteroatoms. The van der Waals surface area contributed by atoms with E-state index in [9.17, 15) is 14.4 Å². The molecule has 6 nitrogen and oxygen atoms in total. The summed E-state index contributed by atoms with van der Waals surface area (Å²) in [5.74, 6) is -0.104. The molecule has 1 aliphatic heterocycles. The Labute approximate surface area is 121 Å². The van der Waals surface area contributed by atoms with Crippen LogP contribution in [0.25, 0.3) is 11.0 Å². The molecule has 1 aromatic carbocycles. The van der Waals surface area contributed by atoms with Gasteiger partial charge in [-0.15, -0.1) is 0 Å². The third kappa shape index (κ3) is 2.26. The maximum Gasteiger partial charge on any atom is 0.317 e. The van der Waals surface area contributed by atoms with Crippen molar-refractivity contribution in [3.8, 4) is 0 Å². The highest BCUT2D eigenvalue weighted by molar-refractivity contribution is 5.80. The third-order valence-electron chi connectivity index (χ3n) is 4.02. The Bertz CT molecular complexity index is 813. The summed E-state index contributed by atoms with van der Waals surface area (Å²) >= 11 is 0. The van der Waals surface area contributed by atoms with Crippen molar-refractivity contribution in [1.82, 2.24) is 14.0 Å². The van der Waals surface area contributed by atoms with Gasteiger partial charge < -0.3 is 9.47 Å². The topological polar surface area (TPSA) is 64.3 Å². The summed E-state index contributed by atoms with van der Waals surface area (Å²) in [5, 5.41) is 0. The second kappa shape index (κ2) is 5.20. The van der Waals surface area contributed by atoms with Gasteiger partial charge in [-0.05, 0) is 25.0 Å². The lowest BCUT2D eigenvalue weighted by atomic mass is 10.3. The quantitative estimate of drug-likeness (QED) is 0.747. The zero-order chi connectivity index (χ0) is 15.0. The van der Waals surface area contributed by atoms with Crippen LogP contribution in [-0.4, -0.2) is 33.0 Å². The van der Waals surface area contributed by atoms with Crippen LogP contribution in [0.4, 0.5) is 0 Å². The van der Waals surface area contributed by atoms with Gasteiger partial charge in [-0.1, -0.05) is 12.1 Å². The highest BCUT2D eigenvalue weighted by Gasteiger charge is 2.20. The summed E-state index contributed by atoms with van der Waals surface area (Å²) in [6.07, 6.45) is 2.00. The molecule has 0 atom stereocenters. The maximum absolute atomic E-state index is 12.3. The zero-order valence-electron chi connectivity index (χ0n) is 11.9. The predicted octanol–water partition coefficient (Wildman–Crippen LogP) is 0.323. The van der Waals surface area contributed by atoms with Gasteiger partial charge in [0.15, 0.2) is 0 Å². The van der Waals surface area contributed by atoms with Gasteiger partial charge in [0.05, 0.1) is 11.0 Å². The fourth-order valence-corrected chi connectivity index (χ4v) is 2.81. The van der Waals surface area contributed by atoms with Crippen LogP contribution >= 0.6 is 0 Å². The van der Waals surface area contributed by atoms with Crippen LogP contribution in [0.3, 0.4) is 0 Å². The summed E-state index contributed by atoms with van der Waals surface area (Å²) in [6.45, 7) is 1.39. The molecule has 0 spiro atoms. The first kappa shape index (κ1) is 13.6. The number of hydrogen-bond donors (Lipinski definition) is 0. The number of carbonyl (C=O) groups excluding carboxylic acids is 1. The summed E-state index contributed by atoms with van der Waals surface area (Å²) in [7, 11) is 1.57. The van der Waals surface area contributed by atoms with E-state index >= 15 is 0 Å². The van der Waals surface area contributed by atoms with Gasteiger partial charge in [0, 0.05) is 20.1 Å². The summed E-state index contributed by atoms with van der Waals surface area (Å²) in [4.78, 5) is 38.2. The lowest BCUT2D eigenvalue weighted by Crippen LogP contribution is -2.43. The zero-order valence-corrected chi connectivity index (χ0v) is 11.9. The molecule has 1 saturated heterocycles. The van der Waals surface area contributed by atoms with E-state index in [0.717, 1.165) is 25.9 Å². The fourth-order valence-electron chi connectivity index (χ4n) is 2.81.